The molecule has 0 aromatic heterocycles. The summed E-state index contributed by atoms with van der Waals surface area (Å²) < 4.78 is 0. The van der Waals surface area contributed by atoms with Crippen LogP contribution in [0.1, 0.15) is 142 Å². The quantitative estimate of drug-likeness (QED) is 0.355. The Balaban J connectivity index is 3.09. The molecule has 196 valence electrons. The van der Waals surface area contributed by atoms with Gasteiger partial charge in [0, 0.05) is 11.1 Å². The zero-order valence-corrected chi connectivity index (χ0v) is 24.7. The van der Waals surface area contributed by atoms with Gasteiger partial charge >= 0.3 is 0 Å². The van der Waals surface area contributed by atoms with Gasteiger partial charge in [-0.2, -0.15) is 0 Å². The Morgan fingerprint density at radius 1 is 0.486 bits per heavy atom. The van der Waals surface area contributed by atoms with Crippen molar-refractivity contribution in [2.24, 2.45) is 0 Å². The lowest BCUT2D eigenvalue weighted by Gasteiger charge is -2.37. The second-order valence-corrected chi connectivity index (χ2v) is 13.1. The third-order valence-corrected chi connectivity index (χ3v) is 9.28. The largest absolute Gasteiger partial charge is 0.508 e. The van der Waals surface area contributed by atoms with Crippen LogP contribution in [-0.2, 0) is 28.1 Å². The SMILES string of the molecule is CCC(C)(C)c1ccc(O)c(C(C)(C)CC)c1Cc1c(C(C)(C)CC)ccc(O)c1C(C)(C)CC. The number of aromatic hydroxyl groups is 2. The summed E-state index contributed by atoms with van der Waals surface area (Å²) in [5, 5.41) is 22.5. The minimum atomic E-state index is -0.170. The summed E-state index contributed by atoms with van der Waals surface area (Å²) in [5.74, 6) is 0.769. The van der Waals surface area contributed by atoms with Crippen molar-refractivity contribution in [3.63, 3.8) is 0 Å². The molecule has 0 aliphatic rings. The molecule has 0 unspecified atom stereocenters. The van der Waals surface area contributed by atoms with E-state index in [-0.39, 0.29) is 21.7 Å². The van der Waals surface area contributed by atoms with Crippen LogP contribution in [0, 0.1) is 0 Å². The summed E-state index contributed by atoms with van der Waals surface area (Å²) in [6.07, 6.45) is 4.60. The molecule has 0 atom stereocenters. The monoisotopic (exact) mass is 480 g/mol. The summed E-state index contributed by atoms with van der Waals surface area (Å²) in [5.41, 5.74) is 6.79. The van der Waals surface area contributed by atoms with E-state index < -0.39 is 0 Å². The topological polar surface area (TPSA) is 40.5 Å². The Bertz CT molecular complexity index is 954. The van der Waals surface area contributed by atoms with Crippen LogP contribution >= 0.6 is 0 Å². The standard InChI is InChI=1S/C33H52O2/c1-13-30(5,6)24-17-19-26(34)28(32(9,10)15-3)22(24)21-23-25(31(7,8)14-2)18-20-27(35)29(23)33(11,12)16-4/h17-20,34-35H,13-16,21H2,1-12H3. The Kier molecular flexibility index (Phi) is 8.52. The van der Waals surface area contributed by atoms with Crippen molar-refractivity contribution in [2.75, 3.05) is 0 Å². The van der Waals surface area contributed by atoms with Gasteiger partial charge in [0.2, 0.25) is 0 Å². The number of hydrogen-bond acceptors (Lipinski definition) is 2. The van der Waals surface area contributed by atoms with Gasteiger partial charge in [0.1, 0.15) is 11.5 Å². The fourth-order valence-electron chi connectivity index (χ4n) is 5.33. The summed E-state index contributed by atoms with van der Waals surface area (Å²) in [7, 11) is 0. The van der Waals surface area contributed by atoms with Crippen molar-refractivity contribution in [1.82, 2.24) is 0 Å². The van der Waals surface area contributed by atoms with Crippen molar-refractivity contribution in [3.05, 3.63) is 57.6 Å². The van der Waals surface area contributed by atoms with E-state index in [4.69, 9.17) is 0 Å². The Hall–Kier alpha value is -1.96. The Morgan fingerprint density at radius 2 is 0.771 bits per heavy atom. The van der Waals surface area contributed by atoms with Crippen LogP contribution in [0.25, 0.3) is 0 Å². The summed E-state index contributed by atoms with van der Waals surface area (Å²) >= 11 is 0. The Morgan fingerprint density at radius 3 is 1.03 bits per heavy atom. The number of rotatable bonds is 10. The second kappa shape index (κ2) is 10.2. The second-order valence-electron chi connectivity index (χ2n) is 13.1. The highest BCUT2D eigenvalue weighted by Gasteiger charge is 2.35. The first kappa shape index (κ1) is 29.3. The summed E-state index contributed by atoms with van der Waals surface area (Å²) in [6, 6.07) is 8.08. The molecule has 0 radical (unpaired) electrons. The highest BCUT2D eigenvalue weighted by atomic mass is 16.3. The smallest absolute Gasteiger partial charge is 0.119 e. The molecular weight excluding hydrogens is 428 g/mol. The van der Waals surface area contributed by atoms with Gasteiger partial charge in [-0.1, -0.05) is 95.2 Å². The van der Waals surface area contributed by atoms with Crippen LogP contribution in [-0.4, -0.2) is 10.2 Å². The molecule has 0 aliphatic carbocycles. The van der Waals surface area contributed by atoms with Crippen molar-refractivity contribution in [1.29, 1.82) is 0 Å². The van der Waals surface area contributed by atoms with Crippen LogP contribution < -0.4 is 0 Å². The van der Waals surface area contributed by atoms with Gasteiger partial charge in [0.15, 0.2) is 0 Å². The van der Waals surface area contributed by atoms with Gasteiger partial charge in [-0.25, -0.2) is 0 Å². The van der Waals surface area contributed by atoms with E-state index in [1.54, 1.807) is 0 Å². The molecule has 0 saturated carbocycles. The van der Waals surface area contributed by atoms with Gasteiger partial charge in [-0.05, 0) is 88.2 Å². The van der Waals surface area contributed by atoms with Crippen LogP contribution in [0.5, 0.6) is 11.5 Å². The molecule has 0 spiro atoms. The maximum atomic E-state index is 11.3. The predicted octanol–water partition coefficient (Wildman–Crippen LogP) is 9.44. The van der Waals surface area contributed by atoms with Crippen LogP contribution in [0.2, 0.25) is 0 Å². The fraction of sp³-hybridized carbons (Fsp3) is 0.636. The molecule has 0 amide bonds. The first-order chi connectivity index (χ1) is 16.0. The van der Waals surface area contributed by atoms with Gasteiger partial charge in [0.25, 0.3) is 0 Å². The average Bonchev–Trinajstić information content (AvgIpc) is 2.78. The van der Waals surface area contributed by atoms with Crippen molar-refractivity contribution in [3.8, 4) is 11.5 Å². The van der Waals surface area contributed by atoms with Crippen LogP contribution in [0.15, 0.2) is 24.3 Å². The summed E-state index contributed by atoms with van der Waals surface area (Å²) in [4.78, 5) is 0. The normalized spacial score (nSPS) is 13.4. The zero-order valence-electron chi connectivity index (χ0n) is 24.7. The van der Waals surface area contributed by atoms with E-state index in [0.717, 1.165) is 36.8 Å². The van der Waals surface area contributed by atoms with E-state index >= 15 is 0 Å². The molecule has 2 heteroatoms. The lowest BCUT2D eigenvalue weighted by molar-refractivity contribution is 0.416. The Labute approximate surface area is 216 Å². The third-order valence-electron chi connectivity index (χ3n) is 9.28. The van der Waals surface area contributed by atoms with Crippen LogP contribution in [0.4, 0.5) is 0 Å². The molecule has 0 fully saturated rings. The molecule has 0 bridgehead atoms. The molecule has 2 N–H and O–H groups in total. The number of phenolic OH excluding ortho intramolecular Hbond substituents is 2. The molecule has 2 aromatic carbocycles. The molecule has 0 saturated heterocycles. The van der Waals surface area contributed by atoms with Crippen molar-refractivity contribution in [2.45, 2.75) is 137 Å². The maximum Gasteiger partial charge on any atom is 0.119 e. The van der Waals surface area contributed by atoms with E-state index in [9.17, 15) is 10.2 Å². The molecule has 2 aromatic rings. The summed E-state index contributed by atoms with van der Waals surface area (Å²) in [6.45, 7) is 27.1. The fourth-order valence-corrected chi connectivity index (χ4v) is 5.33. The number of hydrogen-bond donors (Lipinski definition) is 2. The van der Waals surface area contributed by atoms with Gasteiger partial charge in [-0.3, -0.25) is 0 Å². The first-order valence-corrected chi connectivity index (χ1v) is 13.7. The minimum absolute atomic E-state index is 0.0285. The zero-order chi connectivity index (χ0) is 27.0. The molecule has 2 nitrogen and oxygen atoms in total. The number of phenols is 2. The first-order valence-electron chi connectivity index (χ1n) is 13.7. The lowest BCUT2D eigenvalue weighted by Crippen LogP contribution is -2.28. The highest BCUT2D eigenvalue weighted by molar-refractivity contribution is 5.57. The molecule has 0 aliphatic heterocycles. The molecule has 35 heavy (non-hydrogen) atoms. The average molecular weight is 481 g/mol. The molecule has 2 rings (SSSR count). The van der Waals surface area contributed by atoms with E-state index in [2.05, 4.69) is 95.2 Å². The van der Waals surface area contributed by atoms with Crippen LogP contribution in [0.3, 0.4) is 0 Å². The van der Waals surface area contributed by atoms with Crippen molar-refractivity contribution >= 4 is 0 Å². The van der Waals surface area contributed by atoms with Gasteiger partial charge < -0.3 is 10.2 Å². The number of benzene rings is 2. The lowest BCUT2D eigenvalue weighted by atomic mass is 9.67. The van der Waals surface area contributed by atoms with E-state index in [1.165, 1.54) is 22.3 Å². The molecular formula is C33H52O2. The minimum Gasteiger partial charge on any atom is -0.508 e. The van der Waals surface area contributed by atoms with Gasteiger partial charge in [-0.15, -0.1) is 0 Å². The predicted molar refractivity (Wildman–Crippen MR) is 152 cm³/mol. The van der Waals surface area contributed by atoms with Gasteiger partial charge in [0.05, 0.1) is 0 Å². The third kappa shape index (κ3) is 5.57. The maximum absolute atomic E-state index is 11.3. The van der Waals surface area contributed by atoms with E-state index in [1.807, 2.05) is 12.1 Å². The van der Waals surface area contributed by atoms with E-state index in [0.29, 0.717) is 17.9 Å². The van der Waals surface area contributed by atoms with Crippen molar-refractivity contribution < 1.29 is 10.2 Å². The molecule has 0 heterocycles. The highest BCUT2D eigenvalue weighted by Crippen LogP contribution is 2.47.